The molecule has 1 fully saturated rings. The molecule has 2 aliphatic rings. The molecule has 1 unspecified atom stereocenters. The molecular weight excluding hydrogens is 538 g/mol. The maximum absolute atomic E-state index is 12.3. The Hall–Kier alpha value is -3.71. The van der Waals surface area contributed by atoms with Gasteiger partial charge in [-0.15, -0.1) is 0 Å². The minimum Gasteiger partial charge on any atom is -0.494 e. The molecule has 0 bridgehead atoms. The number of hydrogen-bond donors (Lipinski definition) is 0. The van der Waals surface area contributed by atoms with Crippen LogP contribution in [0.5, 0.6) is 11.5 Å². The zero-order valence-electron chi connectivity index (χ0n) is 26.3. The van der Waals surface area contributed by atoms with Gasteiger partial charge in [-0.1, -0.05) is 49.7 Å². The van der Waals surface area contributed by atoms with E-state index in [-0.39, 0.29) is 12.1 Å². The van der Waals surface area contributed by atoms with Crippen LogP contribution in [0.3, 0.4) is 0 Å². The summed E-state index contributed by atoms with van der Waals surface area (Å²) in [6.07, 6.45) is 2.96. The second-order valence-electron chi connectivity index (χ2n) is 12.5. The third-order valence-electron chi connectivity index (χ3n) is 8.09. The number of ether oxygens (including phenoxy) is 3. The van der Waals surface area contributed by atoms with Crippen molar-refractivity contribution < 1.29 is 19.0 Å². The van der Waals surface area contributed by atoms with E-state index >= 15 is 0 Å². The van der Waals surface area contributed by atoms with E-state index in [0.717, 1.165) is 63.5 Å². The molecular formula is C36H47N3O4. The van der Waals surface area contributed by atoms with Gasteiger partial charge < -0.3 is 24.0 Å². The minimum absolute atomic E-state index is 0.117. The first kappa shape index (κ1) is 30.7. The molecule has 7 heteroatoms. The highest BCUT2D eigenvalue weighted by Crippen LogP contribution is 2.40. The summed E-state index contributed by atoms with van der Waals surface area (Å²) in [6, 6.07) is 26.0. The van der Waals surface area contributed by atoms with Crippen LogP contribution in [0, 0.1) is 0 Å². The molecule has 3 aromatic carbocycles. The van der Waals surface area contributed by atoms with Crippen LogP contribution in [0.15, 0.2) is 72.8 Å². The number of anilines is 1. The standard InChI is InChI=1S/C36H47N3O4/c1-5-6-25-41-32-16-17-33-29(27-32)18-19-39(30-10-8-7-9-11-30)34(33)28-12-14-31(15-13-28)42-26-24-37-20-22-38(23-21-37)35(40)43-36(2,3)4/h7-17,27,34H,5-6,18-26H2,1-4H3. The van der Waals surface area contributed by atoms with Gasteiger partial charge in [-0.05, 0) is 86.7 Å². The van der Waals surface area contributed by atoms with E-state index in [0.29, 0.717) is 19.7 Å². The van der Waals surface area contributed by atoms with Crippen LogP contribution in [-0.4, -0.2) is 74.0 Å². The number of hydrogen-bond acceptors (Lipinski definition) is 6. The molecule has 43 heavy (non-hydrogen) atoms. The molecule has 3 aromatic rings. The van der Waals surface area contributed by atoms with Crippen LogP contribution in [0.25, 0.3) is 0 Å². The monoisotopic (exact) mass is 585 g/mol. The fourth-order valence-corrected chi connectivity index (χ4v) is 5.80. The van der Waals surface area contributed by atoms with Gasteiger partial charge in [-0.25, -0.2) is 4.79 Å². The zero-order valence-corrected chi connectivity index (χ0v) is 26.3. The Morgan fingerprint density at radius 2 is 1.53 bits per heavy atom. The molecule has 1 saturated heterocycles. The Bertz CT molecular complexity index is 1310. The summed E-state index contributed by atoms with van der Waals surface area (Å²) < 4.78 is 17.7. The number of piperazine rings is 1. The molecule has 0 radical (unpaired) electrons. The van der Waals surface area contributed by atoms with Gasteiger partial charge in [-0.2, -0.15) is 0 Å². The number of amides is 1. The summed E-state index contributed by atoms with van der Waals surface area (Å²) in [4.78, 5) is 19.0. The normalized spacial score (nSPS) is 17.3. The molecule has 0 aromatic heterocycles. The van der Waals surface area contributed by atoms with E-state index < -0.39 is 5.60 Å². The van der Waals surface area contributed by atoms with Gasteiger partial charge in [0.25, 0.3) is 0 Å². The number of benzene rings is 3. The molecule has 230 valence electrons. The third kappa shape index (κ3) is 8.23. The maximum Gasteiger partial charge on any atom is 0.410 e. The molecule has 2 aliphatic heterocycles. The lowest BCUT2D eigenvalue weighted by molar-refractivity contribution is 0.0137. The Morgan fingerprint density at radius 1 is 0.837 bits per heavy atom. The van der Waals surface area contributed by atoms with Crippen molar-refractivity contribution in [2.75, 3.05) is 57.4 Å². The summed E-state index contributed by atoms with van der Waals surface area (Å²) in [5.41, 5.74) is 4.70. The van der Waals surface area contributed by atoms with Gasteiger partial charge >= 0.3 is 6.09 Å². The fourth-order valence-electron chi connectivity index (χ4n) is 5.80. The van der Waals surface area contributed by atoms with E-state index in [4.69, 9.17) is 14.2 Å². The van der Waals surface area contributed by atoms with Gasteiger partial charge in [0.1, 0.15) is 23.7 Å². The third-order valence-corrected chi connectivity index (χ3v) is 8.09. The summed E-state index contributed by atoms with van der Waals surface area (Å²) in [5, 5.41) is 0. The molecule has 1 atom stereocenters. The van der Waals surface area contributed by atoms with Crippen LogP contribution in [-0.2, 0) is 11.2 Å². The number of fused-ring (bicyclic) bond motifs is 1. The van der Waals surface area contributed by atoms with Crippen LogP contribution < -0.4 is 14.4 Å². The van der Waals surface area contributed by atoms with E-state index in [2.05, 4.69) is 89.5 Å². The lowest BCUT2D eigenvalue weighted by Crippen LogP contribution is -2.50. The average Bonchev–Trinajstić information content (AvgIpc) is 3.01. The van der Waals surface area contributed by atoms with Crippen molar-refractivity contribution in [3.05, 3.63) is 89.5 Å². The van der Waals surface area contributed by atoms with Crippen LogP contribution in [0.1, 0.15) is 63.3 Å². The molecule has 7 nitrogen and oxygen atoms in total. The summed E-state index contributed by atoms with van der Waals surface area (Å²) >= 11 is 0. The number of carbonyl (C=O) groups excluding carboxylic acids is 1. The van der Waals surface area contributed by atoms with Gasteiger partial charge in [0.2, 0.25) is 0 Å². The molecule has 5 rings (SSSR count). The molecule has 2 heterocycles. The maximum atomic E-state index is 12.3. The van der Waals surface area contributed by atoms with Gasteiger partial charge in [0.15, 0.2) is 0 Å². The van der Waals surface area contributed by atoms with Crippen molar-refractivity contribution in [2.24, 2.45) is 0 Å². The Kier molecular flexibility index (Phi) is 10.1. The first-order valence-corrected chi connectivity index (χ1v) is 15.8. The minimum atomic E-state index is -0.468. The predicted molar refractivity (Wildman–Crippen MR) is 172 cm³/mol. The van der Waals surface area contributed by atoms with E-state index in [1.54, 1.807) is 4.90 Å². The second kappa shape index (κ2) is 14.2. The number of carbonyl (C=O) groups is 1. The van der Waals surface area contributed by atoms with Crippen LogP contribution in [0.4, 0.5) is 10.5 Å². The largest absolute Gasteiger partial charge is 0.494 e. The fraction of sp³-hybridized carbons (Fsp3) is 0.472. The number of para-hydroxylation sites is 1. The molecule has 0 saturated carbocycles. The lowest BCUT2D eigenvalue weighted by atomic mass is 9.87. The topological polar surface area (TPSA) is 54.5 Å². The van der Waals surface area contributed by atoms with E-state index in [9.17, 15) is 4.79 Å². The highest BCUT2D eigenvalue weighted by molar-refractivity contribution is 5.68. The summed E-state index contributed by atoms with van der Waals surface area (Å²) in [5.74, 6) is 1.84. The van der Waals surface area contributed by atoms with Crippen molar-refractivity contribution in [3.63, 3.8) is 0 Å². The van der Waals surface area contributed by atoms with Crippen molar-refractivity contribution in [1.82, 2.24) is 9.80 Å². The van der Waals surface area contributed by atoms with Crippen LogP contribution >= 0.6 is 0 Å². The zero-order chi connectivity index (χ0) is 30.2. The first-order valence-electron chi connectivity index (χ1n) is 15.8. The smallest absolute Gasteiger partial charge is 0.410 e. The van der Waals surface area contributed by atoms with Gasteiger partial charge in [0.05, 0.1) is 12.6 Å². The number of unbranched alkanes of at least 4 members (excludes halogenated alkanes) is 1. The Labute approximate surface area is 257 Å². The molecule has 1 amide bonds. The SMILES string of the molecule is CCCCOc1ccc2c(c1)CCN(c1ccccc1)C2c1ccc(OCCN2CCN(C(=O)OC(C)(C)C)CC2)cc1. The molecule has 0 aliphatic carbocycles. The predicted octanol–water partition coefficient (Wildman–Crippen LogP) is 6.95. The molecule has 0 N–H and O–H groups in total. The van der Waals surface area contributed by atoms with Gasteiger partial charge in [-0.3, -0.25) is 4.90 Å². The Morgan fingerprint density at radius 3 is 2.23 bits per heavy atom. The number of rotatable bonds is 10. The van der Waals surface area contributed by atoms with Crippen molar-refractivity contribution in [1.29, 1.82) is 0 Å². The van der Waals surface area contributed by atoms with Crippen molar-refractivity contribution >= 4 is 11.8 Å². The van der Waals surface area contributed by atoms with E-state index in [1.165, 1.54) is 22.4 Å². The average molecular weight is 586 g/mol. The van der Waals surface area contributed by atoms with Gasteiger partial charge in [0, 0.05) is 45.0 Å². The first-order chi connectivity index (χ1) is 20.8. The Balaban J connectivity index is 1.21. The number of nitrogens with zero attached hydrogens (tertiary/aromatic N) is 3. The summed E-state index contributed by atoms with van der Waals surface area (Å²) in [7, 11) is 0. The summed E-state index contributed by atoms with van der Waals surface area (Å²) in [6.45, 7) is 14.0. The van der Waals surface area contributed by atoms with E-state index in [1.807, 2.05) is 20.8 Å². The second-order valence-corrected chi connectivity index (χ2v) is 12.5. The highest BCUT2D eigenvalue weighted by Gasteiger charge is 2.30. The highest BCUT2D eigenvalue weighted by atomic mass is 16.6. The van der Waals surface area contributed by atoms with Crippen LogP contribution in [0.2, 0.25) is 0 Å². The lowest BCUT2D eigenvalue weighted by Gasteiger charge is -2.39. The quantitative estimate of drug-likeness (QED) is 0.240. The van der Waals surface area contributed by atoms with Crippen molar-refractivity contribution in [2.45, 2.75) is 58.6 Å². The van der Waals surface area contributed by atoms with Crippen molar-refractivity contribution in [3.8, 4) is 11.5 Å². The molecule has 0 spiro atoms.